The van der Waals surface area contributed by atoms with E-state index in [1.807, 2.05) is 0 Å². The Morgan fingerprint density at radius 3 is 2.38 bits per heavy atom. The van der Waals surface area contributed by atoms with Gasteiger partial charge in [-0.1, -0.05) is 0 Å². The fraction of sp³-hybridized carbons (Fsp3) is 0.250. The molecule has 0 atom stereocenters. The van der Waals surface area contributed by atoms with Crippen molar-refractivity contribution in [2.75, 3.05) is 0 Å². The fourth-order valence-corrected chi connectivity index (χ4v) is 1.68. The second kappa shape index (κ2) is 4.38. The second-order valence-corrected chi connectivity index (χ2v) is 3.73. The summed E-state index contributed by atoms with van der Waals surface area (Å²) in [6.07, 6.45) is -4.63. The van der Waals surface area contributed by atoms with Gasteiger partial charge in [0.25, 0.3) is 5.69 Å². The maximum absolute atomic E-state index is 12.4. The number of hydrogen-bond donors (Lipinski definition) is 1. The molecule has 0 aromatic heterocycles. The molecular weight excluding hydrogens is 295 g/mol. The van der Waals surface area contributed by atoms with Gasteiger partial charge in [-0.15, -0.1) is 0 Å². The van der Waals surface area contributed by atoms with Crippen LogP contribution in [0.2, 0.25) is 0 Å². The number of aliphatic hydroxyl groups excluding tert-OH is 1. The van der Waals surface area contributed by atoms with Gasteiger partial charge in [0.1, 0.15) is 0 Å². The van der Waals surface area contributed by atoms with E-state index in [-0.39, 0.29) is 5.56 Å². The molecule has 88 valence electrons. The molecule has 16 heavy (non-hydrogen) atoms. The van der Waals surface area contributed by atoms with Crippen LogP contribution in [0, 0.1) is 10.1 Å². The lowest BCUT2D eigenvalue weighted by molar-refractivity contribution is -0.386. The number of rotatable bonds is 2. The number of aliphatic hydroxyl groups is 1. The molecule has 0 unspecified atom stereocenters. The standard InChI is InChI=1S/C8H5BrF3NO3/c9-6-2-7(13(15)16)4(3-14)1-5(6)8(10,11)12/h1-2,14H,3H2. The first-order valence-electron chi connectivity index (χ1n) is 3.92. The first-order valence-corrected chi connectivity index (χ1v) is 4.71. The van der Waals surface area contributed by atoms with E-state index < -0.39 is 33.4 Å². The van der Waals surface area contributed by atoms with Crippen LogP contribution in [0.15, 0.2) is 16.6 Å². The predicted molar refractivity (Wildman–Crippen MR) is 51.7 cm³/mol. The Morgan fingerprint density at radius 1 is 1.44 bits per heavy atom. The van der Waals surface area contributed by atoms with Gasteiger partial charge in [-0.25, -0.2) is 0 Å². The zero-order valence-corrected chi connectivity index (χ0v) is 9.17. The number of alkyl halides is 3. The van der Waals surface area contributed by atoms with Crippen LogP contribution < -0.4 is 0 Å². The molecule has 0 aliphatic rings. The first kappa shape index (κ1) is 12.9. The van der Waals surface area contributed by atoms with E-state index in [4.69, 9.17) is 5.11 Å². The SMILES string of the molecule is O=[N+]([O-])c1cc(Br)c(C(F)(F)F)cc1CO. The quantitative estimate of drug-likeness (QED) is 0.674. The molecule has 0 aliphatic heterocycles. The third-order valence-corrected chi connectivity index (χ3v) is 2.50. The Balaban J connectivity index is 3.43. The summed E-state index contributed by atoms with van der Waals surface area (Å²) in [5.74, 6) is 0. The number of nitro groups is 1. The summed E-state index contributed by atoms with van der Waals surface area (Å²) in [6, 6.07) is 1.29. The Labute approximate surface area is 96.0 Å². The molecular formula is C8H5BrF3NO3. The molecule has 0 saturated heterocycles. The highest BCUT2D eigenvalue weighted by atomic mass is 79.9. The summed E-state index contributed by atoms with van der Waals surface area (Å²) >= 11 is 2.61. The van der Waals surface area contributed by atoms with Crippen molar-refractivity contribution in [3.63, 3.8) is 0 Å². The number of benzene rings is 1. The summed E-state index contributed by atoms with van der Waals surface area (Å²) in [4.78, 5) is 9.64. The lowest BCUT2D eigenvalue weighted by Gasteiger charge is -2.10. The molecule has 0 amide bonds. The molecule has 0 saturated carbocycles. The molecule has 0 aliphatic carbocycles. The predicted octanol–water partition coefficient (Wildman–Crippen LogP) is 2.87. The van der Waals surface area contributed by atoms with Crippen LogP contribution in [0.5, 0.6) is 0 Å². The average Bonchev–Trinajstić information content (AvgIpc) is 2.15. The number of hydrogen-bond acceptors (Lipinski definition) is 3. The molecule has 0 heterocycles. The van der Waals surface area contributed by atoms with Crippen LogP contribution in [-0.2, 0) is 12.8 Å². The van der Waals surface area contributed by atoms with Crippen molar-refractivity contribution in [2.45, 2.75) is 12.8 Å². The minimum absolute atomic E-state index is 0.375. The zero-order chi connectivity index (χ0) is 12.5. The maximum atomic E-state index is 12.4. The van der Waals surface area contributed by atoms with Crippen molar-refractivity contribution in [3.8, 4) is 0 Å². The summed E-state index contributed by atoms with van der Waals surface area (Å²) in [5, 5.41) is 19.2. The number of nitro benzene ring substituents is 1. The van der Waals surface area contributed by atoms with Crippen molar-refractivity contribution in [1.82, 2.24) is 0 Å². The highest BCUT2D eigenvalue weighted by molar-refractivity contribution is 9.10. The number of nitrogens with zero attached hydrogens (tertiary/aromatic N) is 1. The second-order valence-electron chi connectivity index (χ2n) is 2.87. The molecule has 1 aromatic carbocycles. The van der Waals surface area contributed by atoms with Gasteiger partial charge >= 0.3 is 6.18 Å². The molecule has 1 aromatic rings. The Hall–Kier alpha value is -1.15. The van der Waals surface area contributed by atoms with Crippen LogP contribution in [0.3, 0.4) is 0 Å². The monoisotopic (exact) mass is 299 g/mol. The van der Waals surface area contributed by atoms with Crippen molar-refractivity contribution in [3.05, 3.63) is 37.8 Å². The molecule has 1 rings (SSSR count). The van der Waals surface area contributed by atoms with Crippen LogP contribution >= 0.6 is 15.9 Å². The first-order chi connectivity index (χ1) is 7.27. The number of halogens is 4. The molecule has 4 nitrogen and oxygen atoms in total. The summed E-state index contributed by atoms with van der Waals surface area (Å²) in [5.41, 5.74) is -1.98. The van der Waals surface area contributed by atoms with E-state index >= 15 is 0 Å². The Kier molecular flexibility index (Phi) is 3.54. The van der Waals surface area contributed by atoms with E-state index in [2.05, 4.69) is 15.9 Å². The van der Waals surface area contributed by atoms with Gasteiger partial charge in [0, 0.05) is 10.5 Å². The maximum Gasteiger partial charge on any atom is 0.417 e. The minimum atomic E-state index is -4.63. The molecule has 0 bridgehead atoms. The fourth-order valence-electron chi connectivity index (χ4n) is 1.12. The van der Waals surface area contributed by atoms with Crippen LogP contribution in [-0.4, -0.2) is 10.0 Å². The van der Waals surface area contributed by atoms with E-state index in [9.17, 15) is 23.3 Å². The Bertz CT molecular complexity index is 433. The van der Waals surface area contributed by atoms with Crippen molar-refractivity contribution in [1.29, 1.82) is 0 Å². The minimum Gasteiger partial charge on any atom is -0.391 e. The topological polar surface area (TPSA) is 63.4 Å². The third-order valence-electron chi connectivity index (χ3n) is 1.84. The van der Waals surface area contributed by atoms with Crippen LogP contribution in [0.25, 0.3) is 0 Å². The Morgan fingerprint density at radius 2 is 2.00 bits per heavy atom. The van der Waals surface area contributed by atoms with E-state index in [0.717, 1.165) is 6.07 Å². The van der Waals surface area contributed by atoms with Crippen molar-refractivity contribution < 1.29 is 23.2 Å². The highest BCUT2D eigenvalue weighted by Crippen LogP contribution is 2.38. The smallest absolute Gasteiger partial charge is 0.391 e. The van der Waals surface area contributed by atoms with Gasteiger partial charge in [-0.3, -0.25) is 10.1 Å². The summed E-state index contributed by atoms with van der Waals surface area (Å²) < 4.78 is 36.8. The van der Waals surface area contributed by atoms with Gasteiger partial charge in [-0.2, -0.15) is 13.2 Å². The van der Waals surface area contributed by atoms with E-state index in [1.54, 1.807) is 0 Å². The molecule has 8 heteroatoms. The normalized spacial score (nSPS) is 11.6. The molecule has 0 spiro atoms. The van der Waals surface area contributed by atoms with Gasteiger partial charge in [-0.05, 0) is 22.0 Å². The van der Waals surface area contributed by atoms with Gasteiger partial charge < -0.3 is 5.11 Å². The van der Waals surface area contributed by atoms with Crippen molar-refractivity contribution >= 4 is 21.6 Å². The van der Waals surface area contributed by atoms with Crippen LogP contribution in [0.1, 0.15) is 11.1 Å². The van der Waals surface area contributed by atoms with Crippen LogP contribution in [0.4, 0.5) is 18.9 Å². The largest absolute Gasteiger partial charge is 0.417 e. The van der Waals surface area contributed by atoms with Gasteiger partial charge in [0.05, 0.1) is 22.7 Å². The van der Waals surface area contributed by atoms with E-state index in [1.165, 1.54) is 0 Å². The summed E-state index contributed by atoms with van der Waals surface area (Å²) in [6.45, 7) is -0.827. The van der Waals surface area contributed by atoms with Gasteiger partial charge in [0.15, 0.2) is 0 Å². The van der Waals surface area contributed by atoms with Gasteiger partial charge in [0.2, 0.25) is 0 Å². The summed E-state index contributed by atoms with van der Waals surface area (Å²) in [7, 11) is 0. The third kappa shape index (κ3) is 2.50. The van der Waals surface area contributed by atoms with Crippen molar-refractivity contribution in [2.24, 2.45) is 0 Å². The molecule has 0 radical (unpaired) electrons. The zero-order valence-electron chi connectivity index (χ0n) is 7.58. The lowest BCUT2D eigenvalue weighted by atomic mass is 10.1. The highest BCUT2D eigenvalue weighted by Gasteiger charge is 2.35. The average molecular weight is 300 g/mol. The molecule has 1 N–H and O–H groups in total. The van der Waals surface area contributed by atoms with E-state index in [0.29, 0.717) is 6.07 Å². The molecule has 0 fully saturated rings. The lowest BCUT2D eigenvalue weighted by Crippen LogP contribution is -2.08.